The summed E-state index contributed by atoms with van der Waals surface area (Å²) in [5, 5.41) is 4.75. The minimum atomic E-state index is -3.27. The Bertz CT molecular complexity index is 1190. The van der Waals surface area contributed by atoms with Crippen LogP contribution in [0.25, 0.3) is 16.9 Å². The molecule has 0 unspecified atom stereocenters. The first-order chi connectivity index (χ1) is 14.8. The topological polar surface area (TPSA) is 75.5 Å². The van der Waals surface area contributed by atoms with Crippen LogP contribution in [0.4, 0.5) is 0 Å². The van der Waals surface area contributed by atoms with Gasteiger partial charge in [-0.3, -0.25) is 4.79 Å². The summed E-state index contributed by atoms with van der Waals surface area (Å²) in [6.07, 6.45) is 3.59. The number of amides is 1. The Labute approximate surface area is 183 Å². The molecular weight excluding hydrogens is 412 g/mol. The van der Waals surface area contributed by atoms with Crippen molar-refractivity contribution < 1.29 is 13.2 Å². The van der Waals surface area contributed by atoms with E-state index >= 15 is 0 Å². The summed E-state index contributed by atoms with van der Waals surface area (Å²) in [5.74, 6) is -0.131. The molecule has 2 heterocycles. The number of sulfonamides is 1. The Hall–Kier alpha value is -2.97. The minimum Gasteiger partial charge on any atom is -0.337 e. The summed E-state index contributed by atoms with van der Waals surface area (Å²) in [6, 6.07) is 17.6. The second kappa shape index (κ2) is 8.64. The van der Waals surface area contributed by atoms with Crippen molar-refractivity contribution in [1.82, 2.24) is 19.0 Å². The van der Waals surface area contributed by atoms with Crippen molar-refractivity contribution in [3.63, 3.8) is 0 Å². The van der Waals surface area contributed by atoms with E-state index in [0.717, 1.165) is 16.8 Å². The van der Waals surface area contributed by atoms with Crippen LogP contribution >= 0.6 is 0 Å². The molecule has 31 heavy (non-hydrogen) atoms. The van der Waals surface area contributed by atoms with Crippen LogP contribution in [0.2, 0.25) is 0 Å². The van der Waals surface area contributed by atoms with Gasteiger partial charge in [-0.05, 0) is 31.5 Å². The fourth-order valence-corrected chi connectivity index (χ4v) is 4.72. The Morgan fingerprint density at radius 2 is 1.74 bits per heavy atom. The molecule has 8 heteroatoms. The van der Waals surface area contributed by atoms with E-state index < -0.39 is 10.0 Å². The van der Waals surface area contributed by atoms with E-state index in [0.29, 0.717) is 43.9 Å². The minimum absolute atomic E-state index is 0.131. The summed E-state index contributed by atoms with van der Waals surface area (Å²) in [5.41, 5.74) is 3.98. The number of para-hydroxylation sites is 1. The van der Waals surface area contributed by atoms with Gasteiger partial charge in [0.2, 0.25) is 10.0 Å². The van der Waals surface area contributed by atoms with Gasteiger partial charge in [-0.1, -0.05) is 42.0 Å². The lowest BCUT2D eigenvalue weighted by Crippen LogP contribution is -2.37. The quantitative estimate of drug-likeness (QED) is 0.628. The maximum absolute atomic E-state index is 13.5. The van der Waals surface area contributed by atoms with Gasteiger partial charge in [0, 0.05) is 37.9 Å². The Kier molecular flexibility index (Phi) is 5.93. The Morgan fingerprint density at radius 3 is 2.45 bits per heavy atom. The zero-order valence-electron chi connectivity index (χ0n) is 17.7. The predicted octanol–water partition coefficient (Wildman–Crippen LogP) is 2.96. The van der Waals surface area contributed by atoms with Crippen molar-refractivity contribution in [1.29, 1.82) is 0 Å². The average Bonchev–Trinajstić information content (AvgIpc) is 3.03. The third kappa shape index (κ3) is 4.70. The fourth-order valence-electron chi connectivity index (χ4n) is 3.85. The highest BCUT2D eigenvalue weighted by molar-refractivity contribution is 7.88. The van der Waals surface area contributed by atoms with Crippen LogP contribution in [0, 0.1) is 6.92 Å². The molecule has 162 valence electrons. The molecule has 1 aliphatic heterocycles. The standard InChI is InChI=1S/C23H26N4O3S/c1-18-8-6-9-19(16-18)22-21(17-27(24-22)20-10-4-3-5-11-20)23(28)25-12-7-13-26(15-14-25)31(2,29)30/h3-6,8-11,16-17H,7,12-15H2,1-2H3. The van der Waals surface area contributed by atoms with Crippen molar-refractivity contribution in [3.05, 3.63) is 71.9 Å². The molecule has 0 spiro atoms. The third-order valence-electron chi connectivity index (χ3n) is 5.47. The van der Waals surface area contributed by atoms with Gasteiger partial charge >= 0.3 is 0 Å². The highest BCUT2D eigenvalue weighted by Gasteiger charge is 2.27. The number of hydrogen-bond acceptors (Lipinski definition) is 4. The SMILES string of the molecule is Cc1cccc(-c2nn(-c3ccccc3)cc2C(=O)N2CCCN(S(C)(=O)=O)CC2)c1. The van der Waals surface area contributed by atoms with Gasteiger partial charge in [-0.2, -0.15) is 5.10 Å². The van der Waals surface area contributed by atoms with E-state index in [9.17, 15) is 13.2 Å². The average molecular weight is 439 g/mol. The molecule has 4 rings (SSSR count). The molecule has 1 fully saturated rings. The molecular formula is C23H26N4O3S. The molecule has 7 nitrogen and oxygen atoms in total. The van der Waals surface area contributed by atoms with Gasteiger partial charge in [0.05, 0.1) is 17.5 Å². The van der Waals surface area contributed by atoms with Crippen LogP contribution < -0.4 is 0 Å². The van der Waals surface area contributed by atoms with Gasteiger partial charge in [0.25, 0.3) is 5.91 Å². The molecule has 1 amide bonds. The number of aromatic nitrogens is 2. The smallest absolute Gasteiger partial charge is 0.257 e. The van der Waals surface area contributed by atoms with Crippen LogP contribution in [-0.4, -0.2) is 65.7 Å². The molecule has 0 bridgehead atoms. The van der Waals surface area contributed by atoms with E-state index in [2.05, 4.69) is 0 Å². The molecule has 1 saturated heterocycles. The number of hydrogen-bond donors (Lipinski definition) is 0. The molecule has 0 radical (unpaired) electrons. The molecule has 1 aromatic heterocycles. The van der Waals surface area contributed by atoms with E-state index in [1.807, 2.05) is 61.5 Å². The zero-order chi connectivity index (χ0) is 22.0. The summed E-state index contributed by atoms with van der Waals surface area (Å²) in [6.45, 7) is 3.60. The van der Waals surface area contributed by atoms with Crippen LogP contribution in [0.3, 0.4) is 0 Å². The van der Waals surface area contributed by atoms with Gasteiger partial charge in [-0.15, -0.1) is 0 Å². The number of nitrogens with zero attached hydrogens (tertiary/aromatic N) is 4. The lowest BCUT2D eigenvalue weighted by molar-refractivity contribution is 0.0765. The number of carbonyl (C=O) groups excluding carboxylic acids is 1. The summed E-state index contributed by atoms with van der Waals surface area (Å²) in [4.78, 5) is 15.3. The van der Waals surface area contributed by atoms with Gasteiger partial charge in [0.15, 0.2) is 0 Å². The molecule has 2 aromatic carbocycles. The van der Waals surface area contributed by atoms with Gasteiger partial charge in [0.1, 0.15) is 5.69 Å². The van der Waals surface area contributed by atoms with Crippen LogP contribution in [-0.2, 0) is 10.0 Å². The van der Waals surface area contributed by atoms with Crippen molar-refractivity contribution >= 4 is 15.9 Å². The fraction of sp³-hybridized carbons (Fsp3) is 0.304. The number of aryl methyl sites for hydroxylation is 1. The normalized spacial score (nSPS) is 15.6. The summed E-state index contributed by atoms with van der Waals surface area (Å²) < 4.78 is 27.0. The third-order valence-corrected chi connectivity index (χ3v) is 6.77. The number of rotatable bonds is 4. The lowest BCUT2D eigenvalue weighted by atomic mass is 10.0. The van der Waals surface area contributed by atoms with Gasteiger partial charge < -0.3 is 4.90 Å². The predicted molar refractivity (Wildman–Crippen MR) is 121 cm³/mol. The van der Waals surface area contributed by atoms with Crippen LogP contribution in [0.15, 0.2) is 60.8 Å². The number of benzene rings is 2. The van der Waals surface area contributed by atoms with Gasteiger partial charge in [-0.25, -0.2) is 17.4 Å². The Balaban J connectivity index is 1.71. The van der Waals surface area contributed by atoms with Crippen LogP contribution in [0.5, 0.6) is 0 Å². The molecule has 3 aromatic rings. The summed E-state index contributed by atoms with van der Waals surface area (Å²) in [7, 11) is -3.27. The monoisotopic (exact) mass is 438 g/mol. The highest BCUT2D eigenvalue weighted by atomic mass is 32.2. The van der Waals surface area contributed by atoms with E-state index in [4.69, 9.17) is 5.10 Å². The van der Waals surface area contributed by atoms with E-state index in [-0.39, 0.29) is 5.91 Å². The Morgan fingerprint density at radius 1 is 0.968 bits per heavy atom. The zero-order valence-corrected chi connectivity index (χ0v) is 18.5. The maximum Gasteiger partial charge on any atom is 0.257 e. The summed E-state index contributed by atoms with van der Waals surface area (Å²) >= 11 is 0. The van der Waals surface area contributed by atoms with Crippen molar-refractivity contribution in [2.75, 3.05) is 32.4 Å². The molecule has 1 aliphatic rings. The van der Waals surface area contributed by atoms with E-state index in [1.165, 1.54) is 10.6 Å². The first kappa shape index (κ1) is 21.3. The van der Waals surface area contributed by atoms with Crippen molar-refractivity contribution in [2.45, 2.75) is 13.3 Å². The largest absolute Gasteiger partial charge is 0.337 e. The second-order valence-electron chi connectivity index (χ2n) is 7.85. The highest BCUT2D eigenvalue weighted by Crippen LogP contribution is 2.26. The molecule has 0 aliphatic carbocycles. The first-order valence-corrected chi connectivity index (χ1v) is 12.1. The second-order valence-corrected chi connectivity index (χ2v) is 9.83. The van der Waals surface area contributed by atoms with Crippen LogP contribution in [0.1, 0.15) is 22.3 Å². The first-order valence-electron chi connectivity index (χ1n) is 10.3. The van der Waals surface area contributed by atoms with Crippen molar-refractivity contribution in [2.24, 2.45) is 0 Å². The van der Waals surface area contributed by atoms with Crippen molar-refractivity contribution in [3.8, 4) is 16.9 Å². The van der Waals surface area contributed by atoms with E-state index in [1.54, 1.807) is 15.8 Å². The number of carbonyl (C=O) groups is 1. The maximum atomic E-state index is 13.5. The molecule has 0 atom stereocenters. The lowest BCUT2D eigenvalue weighted by Gasteiger charge is -2.21. The molecule has 0 N–H and O–H groups in total. The molecule has 0 saturated carbocycles.